The summed E-state index contributed by atoms with van der Waals surface area (Å²) in [6.07, 6.45) is 0.441. The SMILES string of the molecule is COc1ccc(-c2cc(NC(=O)COc3ccc(Cl)cc3)n([C@@H]3CCS(=O)(=O)C3)n2)cc1. The van der Waals surface area contributed by atoms with Crippen molar-refractivity contribution in [2.24, 2.45) is 0 Å². The largest absolute Gasteiger partial charge is 0.497 e. The Morgan fingerprint density at radius 2 is 1.84 bits per heavy atom. The molecule has 1 saturated heterocycles. The summed E-state index contributed by atoms with van der Waals surface area (Å²) in [5, 5.41) is 7.98. The van der Waals surface area contributed by atoms with Crippen molar-refractivity contribution in [2.75, 3.05) is 30.5 Å². The second kappa shape index (κ2) is 9.22. The maximum atomic E-state index is 12.5. The van der Waals surface area contributed by atoms with Crippen LogP contribution in [0.1, 0.15) is 12.5 Å². The van der Waals surface area contributed by atoms with Gasteiger partial charge in [-0.15, -0.1) is 0 Å². The maximum Gasteiger partial charge on any atom is 0.263 e. The van der Waals surface area contributed by atoms with Crippen LogP contribution in [-0.4, -0.2) is 49.3 Å². The zero-order valence-corrected chi connectivity index (χ0v) is 18.9. The third-order valence-electron chi connectivity index (χ3n) is 5.13. The van der Waals surface area contributed by atoms with Gasteiger partial charge in [-0.1, -0.05) is 11.6 Å². The fourth-order valence-corrected chi connectivity index (χ4v) is 5.31. The number of hydrogen-bond acceptors (Lipinski definition) is 6. The highest BCUT2D eigenvalue weighted by atomic mass is 35.5. The first-order valence-corrected chi connectivity index (χ1v) is 12.2. The number of carbonyl (C=O) groups is 1. The van der Waals surface area contributed by atoms with E-state index in [1.54, 1.807) is 42.1 Å². The smallest absolute Gasteiger partial charge is 0.263 e. The summed E-state index contributed by atoms with van der Waals surface area (Å²) in [7, 11) is -1.54. The number of nitrogens with zero attached hydrogens (tertiary/aromatic N) is 2. The molecule has 2 heterocycles. The normalized spacial score (nSPS) is 17.1. The summed E-state index contributed by atoms with van der Waals surface area (Å²) in [6.45, 7) is -0.215. The molecule has 1 aliphatic heterocycles. The predicted octanol–water partition coefficient (Wildman–Crippen LogP) is 3.59. The first-order chi connectivity index (χ1) is 15.3. The third kappa shape index (κ3) is 5.23. The number of anilines is 1. The molecule has 4 rings (SSSR count). The summed E-state index contributed by atoms with van der Waals surface area (Å²) < 4.78 is 36.3. The zero-order chi connectivity index (χ0) is 22.7. The molecule has 1 N–H and O–H groups in total. The Labute approximate surface area is 191 Å². The minimum atomic E-state index is -3.13. The summed E-state index contributed by atoms with van der Waals surface area (Å²) in [5.74, 6) is 1.34. The molecular weight excluding hydrogens is 454 g/mol. The van der Waals surface area contributed by atoms with Gasteiger partial charge in [-0.25, -0.2) is 13.1 Å². The standard InChI is InChI=1S/C22H22ClN3O5S/c1-30-18-6-2-15(3-7-18)20-12-21(26(25-20)17-10-11-32(28,29)14-17)24-22(27)13-31-19-8-4-16(23)5-9-19/h2-9,12,17H,10-11,13-14H2,1H3,(H,24,27)/t17-/m1/s1. The Hall–Kier alpha value is -3.04. The number of aromatic nitrogens is 2. The predicted molar refractivity (Wildman–Crippen MR) is 122 cm³/mol. The fourth-order valence-electron chi connectivity index (χ4n) is 3.50. The number of nitrogens with one attached hydrogen (secondary N) is 1. The average molecular weight is 476 g/mol. The first-order valence-electron chi connectivity index (χ1n) is 9.95. The van der Waals surface area contributed by atoms with E-state index in [9.17, 15) is 13.2 Å². The number of ether oxygens (including phenoxy) is 2. The van der Waals surface area contributed by atoms with Crippen LogP contribution < -0.4 is 14.8 Å². The van der Waals surface area contributed by atoms with Crippen molar-refractivity contribution >= 4 is 33.2 Å². The van der Waals surface area contributed by atoms with Crippen LogP contribution in [0.3, 0.4) is 0 Å². The highest BCUT2D eigenvalue weighted by Gasteiger charge is 2.31. The van der Waals surface area contributed by atoms with Crippen LogP contribution in [0, 0.1) is 0 Å². The first kappa shape index (κ1) is 22.2. The van der Waals surface area contributed by atoms with Crippen molar-refractivity contribution in [3.8, 4) is 22.8 Å². The number of halogens is 1. The molecule has 1 aliphatic rings. The number of methoxy groups -OCH3 is 1. The van der Waals surface area contributed by atoms with Crippen LogP contribution in [0.25, 0.3) is 11.3 Å². The van der Waals surface area contributed by atoms with Gasteiger partial charge < -0.3 is 14.8 Å². The monoisotopic (exact) mass is 475 g/mol. The van der Waals surface area contributed by atoms with E-state index < -0.39 is 9.84 Å². The molecule has 32 heavy (non-hydrogen) atoms. The second-order valence-corrected chi connectivity index (χ2v) is 10.1. The average Bonchev–Trinajstić information content (AvgIpc) is 3.36. The number of amides is 1. The Bertz CT molecular complexity index is 1210. The lowest BCUT2D eigenvalue weighted by Crippen LogP contribution is -2.23. The molecule has 0 radical (unpaired) electrons. The molecule has 8 nitrogen and oxygen atoms in total. The van der Waals surface area contributed by atoms with Crippen molar-refractivity contribution in [3.05, 3.63) is 59.6 Å². The van der Waals surface area contributed by atoms with E-state index in [-0.39, 0.29) is 30.1 Å². The van der Waals surface area contributed by atoms with Gasteiger partial charge in [0.25, 0.3) is 5.91 Å². The van der Waals surface area contributed by atoms with Crippen molar-refractivity contribution in [1.82, 2.24) is 9.78 Å². The topological polar surface area (TPSA) is 99.5 Å². The Morgan fingerprint density at radius 3 is 2.47 bits per heavy atom. The van der Waals surface area contributed by atoms with Gasteiger partial charge in [-0.2, -0.15) is 5.10 Å². The maximum absolute atomic E-state index is 12.5. The van der Waals surface area contributed by atoms with Gasteiger partial charge in [0, 0.05) is 16.7 Å². The van der Waals surface area contributed by atoms with E-state index in [0.29, 0.717) is 34.5 Å². The lowest BCUT2D eigenvalue weighted by molar-refractivity contribution is -0.118. The molecule has 3 aromatic rings. The van der Waals surface area contributed by atoms with Crippen molar-refractivity contribution < 1.29 is 22.7 Å². The number of hydrogen-bond donors (Lipinski definition) is 1. The Kier molecular flexibility index (Phi) is 6.38. The number of benzene rings is 2. The van der Waals surface area contributed by atoms with E-state index >= 15 is 0 Å². The third-order valence-corrected chi connectivity index (χ3v) is 7.13. The Balaban J connectivity index is 1.55. The van der Waals surface area contributed by atoms with E-state index in [1.807, 2.05) is 24.3 Å². The molecule has 1 amide bonds. The summed E-state index contributed by atoms with van der Waals surface area (Å²) in [5.41, 5.74) is 1.43. The molecule has 1 fully saturated rings. The van der Waals surface area contributed by atoms with E-state index in [2.05, 4.69) is 10.4 Å². The highest BCUT2D eigenvalue weighted by molar-refractivity contribution is 7.91. The van der Waals surface area contributed by atoms with Crippen LogP contribution in [0.15, 0.2) is 54.6 Å². The number of carbonyl (C=O) groups excluding carboxylic acids is 1. The van der Waals surface area contributed by atoms with E-state index in [0.717, 1.165) is 5.56 Å². The van der Waals surface area contributed by atoms with Gasteiger partial charge in [0.15, 0.2) is 16.4 Å². The van der Waals surface area contributed by atoms with Gasteiger partial charge in [0.05, 0.1) is 30.4 Å². The molecule has 0 bridgehead atoms. The summed E-state index contributed by atoms with van der Waals surface area (Å²) in [6, 6.07) is 15.4. The van der Waals surface area contributed by atoms with Gasteiger partial charge >= 0.3 is 0 Å². The zero-order valence-electron chi connectivity index (χ0n) is 17.3. The second-order valence-electron chi connectivity index (χ2n) is 7.44. The summed E-state index contributed by atoms with van der Waals surface area (Å²) in [4.78, 5) is 12.5. The minimum Gasteiger partial charge on any atom is -0.497 e. The van der Waals surface area contributed by atoms with Crippen LogP contribution >= 0.6 is 11.6 Å². The quantitative estimate of drug-likeness (QED) is 0.560. The molecule has 0 aliphatic carbocycles. The number of sulfone groups is 1. The van der Waals surface area contributed by atoms with Crippen molar-refractivity contribution in [2.45, 2.75) is 12.5 Å². The number of rotatable bonds is 7. The van der Waals surface area contributed by atoms with Gasteiger partial charge in [-0.3, -0.25) is 4.79 Å². The molecule has 10 heteroatoms. The van der Waals surface area contributed by atoms with E-state index in [4.69, 9.17) is 21.1 Å². The molecule has 168 valence electrons. The van der Waals surface area contributed by atoms with Crippen LogP contribution in [0.5, 0.6) is 11.5 Å². The molecule has 1 atom stereocenters. The van der Waals surface area contributed by atoms with Crippen molar-refractivity contribution in [1.29, 1.82) is 0 Å². The molecular formula is C22H22ClN3O5S. The highest BCUT2D eigenvalue weighted by Crippen LogP contribution is 2.31. The minimum absolute atomic E-state index is 0.0130. The molecule has 0 unspecified atom stereocenters. The molecule has 0 spiro atoms. The molecule has 0 saturated carbocycles. The summed E-state index contributed by atoms with van der Waals surface area (Å²) >= 11 is 5.86. The van der Waals surface area contributed by atoms with Gasteiger partial charge in [0.1, 0.15) is 17.3 Å². The van der Waals surface area contributed by atoms with Crippen LogP contribution in [0.4, 0.5) is 5.82 Å². The van der Waals surface area contributed by atoms with Gasteiger partial charge in [0.2, 0.25) is 0 Å². The Morgan fingerprint density at radius 1 is 1.16 bits per heavy atom. The van der Waals surface area contributed by atoms with Crippen molar-refractivity contribution in [3.63, 3.8) is 0 Å². The lowest BCUT2D eigenvalue weighted by Gasteiger charge is -2.14. The fraction of sp³-hybridized carbons (Fsp3) is 0.273. The molecule has 2 aromatic carbocycles. The van der Waals surface area contributed by atoms with E-state index in [1.165, 1.54) is 0 Å². The van der Waals surface area contributed by atoms with Crippen LogP contribution in [-0.2, 0) is 14.6 Å². The van der Waals surface area contributed by atoms with Gasteiger partial charge in [-0.05, 0) is 55.0 Å². The van der Waals surface area contributed by atoms with Crippen LogP contribution in [0.2, 0.25) is 5.02 Å². The lowest BCUT2D eigenvalue weighted by atomic mass is 10.1. The molecule has 1 aromatic heterocycles.